The lowest BCUT2D eigenvalue weighted by Gasteiger charge is -2.25. The second kappa shape index (κ2) is 9.59. The lowest BCUT2D eigenvalue weighted by Crippen LogP contribution is -2.46. The van der Waals surface area contributed by atoms with Crippen molar-refractivity contribution in [1.29, 1.82) is 0 Å². The third-order valence-electron chi connectivity index (χ3n) is 6.80. The highest BCUT2D eigenvalue weighted by molar-refractivity contribution is 9.10. The Labute approximate surface area is 233 Å². The van der Waals surface area contributed by atoms with Gasteiger partial charge in [-0.25, -0.2) is 15.0 Å². The minimum absolute atomic E-state index is 0.00850. The Balaban J connectivity index is 1.41. The van der Waals surface area contributed by atoms with Gasteiger partial charge in [0.2, 0.25) is 11.8 Å². The molecule has 0 saturated heterocycles. The van der Waals surface area contributed by atoms with Gasteiger partial charge in [-0.15, -0.1) is 0 Å². The zero-order valence-electron chi connectivity index (χ0n) is 20.5. The summed E-state index contributed by atoms with van der Waals surface area (Å²) < 4.78 is 42.5. The number of benzene rings is 2. The van der Waals surface area contributed by atoms with E-state index < -0.39 is 29.6 Å². The van der Waals surface area contributed by atoms with Gasteiger partial charge < -0.3 is 15.6 Å². The van der Waals surface area contributed by atoms with Gasteiger partial charge in [0, 0.05) is 17.5 Å². The van der Waals surface area contributed by atoms with Crippen molar-refractivity contribution in [3.63, 3.8) is 0 Å². The number of pyridine rings is 1. The highest BCUT2D eigenvalue weighted by Crippen LogP contribution is 2.38. The smallest absolute Gasteiger partial charge is 0.383 e. The number of anilines is 3. The second-order valence-electron chi connectivity index (χ2n) is 9.22. The summed E-state index contributed by atoms with van der Waals surface area (Å²) in [6.07, 6.45) is -3.11. The summed E-state index contributed by atoms with van der Waals surface area (Å²) in [4.78, 5) is 41.2. The van der Waals surface area contributed by atoms with Crippen molar-refractivity contribution in [3.8, 4) is 0 Å². The van der Waals surface area contributed by atoms with Gasteiger partial charge in [-0.05, 0) is 57.9 Å². The summed E-state index contributed by atoms with van der Waals surface area (Å²) in [6, 6.07) is 14.6. The van der Waals surface area contributed by atoms with Crippen LogP contribution in [0.1, 0.15) is 11.1 Å². The molecule has 0 bridgehead atoms. The lowest BCUT2D eigenvalue weighted by atomic mass is 10.1. The Morgan fingerprint density at radius 3 is 2.65 bits per heavy atom. The maximum Gasteiger partial charge on any atom is 0.416 e. The molecule has 1 aliphatic rings. The monoisotopic (exact) mass is 609 g/mol. The van der Waals surface area contributed by atoms with E-state index >= 15 is 0 Å². The fourth-order valence-corrected chi connectivity index (χ4v) is 5.42. The number of halogens is 4. The molecule has 0 aliphatic carbocycles. The zero-order valence-corrected chi connectivity index (χ0v) is 22.1. The number of para-hydroxylation sites is 1. The number of nitrogens with one attached hydrogen (secondary N) is 1. The summed E-state index contributed by atoms with van der Waals surface area (Å²) in [6.45, 7) is -0.310. The van der Waals surface area contributed by atoms with Crippen LogP contribution in [0.2, 0.25) is 0 Å². The van der Waals surface area contributed by atoms with Crippen LogP contribution in [0.4, 0.5) is 30.5 Å². The molecule has 40 heavy (non-hydrogen) atoms. The standard InChI is InChI=1S/C27H19BrF3N7O2/c28-20-6-3-7-21(35-20)36-26(40)19-10-14-4-1-2-5-17(14)38(19)22(39)12-37-18-9-8-15(27(29,30)31)11-16(18)23-24(32)33-13-34-25(23)37/h1-9,11,13,19H,10,12H2,(H2,32,33,34)(H,35,36,40). The molecule has 1 aliphatic heterocycles. The van der Waals surface area contributed by atoms with Crippen molar-refractivity contribution in [3.05, 3.63) is 82.7 Å². The third-order valence-corrected chi connectivity index (χ3v) is 7.25. The van der Waals surface area contributed by atoms with Crippen molar-refractivity contribution in [1.82, 2.24) is 19.5 Å². The summed E-state index contributed by atoms with van der Waals surface area (Å²) >= 11 is 3.28. The van der Waals surface area contributed by atoms with Gasteiger partial charge in [-0.3, -0.25) is 14.5 Å². The van der Waals surface area contributed by atoms with Crippen LogP contribution in [0.15, 0.2) is 71.6 Å². The lowest BCUT2D eigenvalue weighted by molar-refractivity contribution is -0.137. The molecule has 0 fully saturated rings. The second-order valence-corrected chi connectivity index (χ2v) is 10.0. The van der Waals surface area contributed by atoms with Crippen LogP contribution in [0.25, 0.3) is 21.9 Å². The largest absolute Gasteiger partial charge is 0.416 e. The van der Waals surface area contributed by atoms with E-state index in [4.69, 9.17) is 5.73 Å². The van der Waals surface area contributed by atoms with Crippen LogP contribution in [-0.4, -0.2) is 37.4 Å². The zero-order chi connectivity index (χ0) is 28.2. The first kappa shape index (κ1) is 25.7. The van der Waals surface area contributed by atoms with E-state index in [-0.39, 0.29) is 35.2 Å². The normalized spacial score (nSPS) is 15.0. The van der Waals surface area contributed by atoms with Crippen LogP contribution in [0.3, 0.4) is 0 Å². The molecule has 1 atom stereocenters. The molecule has 3 N–H and O–H groups in total. The van der Waals surface area contributed by atoms with E-state index in [0.29, 0.717) is 21.6 Å². The van der Waals surface area contributed by atoms with E-state index in [2.05, 4.69) is 36.2 Å². The van der Waals surface area contributed by atoms with Crippen molar-refractivity contribution in [2.24, 2.45) is 0 Å². The summed E-state index contributed by atoms with van der Waals surface area (Å²) in [5.41, 5.74) is 7.11. The fraction of sp³-hybridized carbons (Fsp3) is 0.148. The molecule has 6 rings (SSSR count). The number of carbonyl (C=O) groups is 2. The van der Waals surface area contributed by atoms with E-state index in [0.717, 1.165) is 17.7 Å². The van der Waals surface area contributed by atoms with Crippen LogP contribution in [-0.2, 0) is 28.7 Å². The van der Waals surface area contributed by atoms with Crippen LogP contribution in [0, 0.1) is 0 Å². The highest BCUT2D eigenvalue weighted by atomic mass is 79.9. The summed E-state index contributed by atoms with van der Waals surface area (Å²) in [7, 11) is 0. The van der Waals surface area contributed by atoms with E-state index in [1.54, 1.807) is 30.3 Å². The first-order valence-corrected chi connectivity index (χ1v) is 12.8. The summed E-state index contributed by atoms with van der Waals surface area (Å²) in [5.74, 6) is -0.578. The van der Waals surface area contributed by atoms with Crippen molar-refractivity contribution < 1.29 is 22.8 Å². The number of amides is 2. The molecule has 2 aromatic carbocycles. The molecular weight excluding hydrogens is 591 g/mol. The highest BCUT2D eigenvalue weighted by Gasteiger charge is 2.39. The number of carbonyl (C=O) groups excluding carboxylic acids is 2. The Bertz CT molecular complexity index is 1820. The third kappa shape index (κ3) is 4.41. The van der Waals surface area contributed by atoms with Gasteiger partial charge in [0.05, 0.1) is 16.5 Å². The summed E-state index contributed by atoms with van der Waals surface area (Å²) in [5, 5.41) is 3.16. The van der Waals surface area contributed by atoms with Crippen LogP contribution >= 0.6 is 15.9 Å². The van der Waals surface area contributed by atoms with E-state index in [1.165, 1.54) is 21.9 Å². The first-order chi connectivity index (χ1) is 19.1. The number of aromatic nitrogens is 4. The molecule has 1 unspecified atom stereocenters. The van der Waals surface area contributed by atoms with Crippen LogP contribution < -0.4 is 16.0 Å². The Morgan fingerprint density at radius 2 is 1.88 bits per heavy atom. The molecule has 4 heterocycles. The van der Waals surface area contributed by atoms with Crippen LogP contribution in [0.5, 0.6) is 0 Å². The first-order valence-electron chi connectivity index (χ1n) is 12.0. The number of fused-ring (bicyclic) bond motifs is 4. The molecule has 3 aromatic heterocycles. The molecule has 202 valence electrons. The predicted octanol–water partition coefficient (Wildman–Crippen LogP) is 4.94. The molecular formula is C27H19BrF3N7O2. The SMILES string of the molecule is Nc1ncnc2c1c1cc(C(F)(F)F)ccc1n2CC(=O)N1c2ccccc2CC1C(=O)Nc1cccc(Br)n1. The molecule has 5 aromatic rings. The average molecular weight is 610 g/mol. The van der Waals surface area contributed by atoms with Crippen molar-refractivity contribution in [2.75, 3.05) is 16.0 Å². The molecule has 13 heteroatoms. The molecule has 0 radical (unpaired) electrons. The van der Waals surface area contributed by atoms with E-state index in [9.17, 15) is 22.8 Å². The van der Waals surface area contributed by atoms with Gasteiger partial charge in [0.1, 0.15) is 40.8 Å². The van der Waals surface area contributed by atoms with Gasteiger partial charge in [-0.2, -0.15) is 13.2 Å². The fourth-order valence-electron chi connectivity index (χ4n) is 5.08. The van der Waals surface area contributed by atoms with Gasteiger partial charge >= 0.3 is 6.18 Å². The van der Waals surface area contributed by atoms with Crippen molar-refractivity contribution in [2.45, 2.75) is 25.2 Å². The average Bonchev–Trinajstić information content (AvgIpc) is 3.45. The molecule has 9 nitrogen and oxygen atoms in total. The molecule has 2 amide bonds. The number of nitrogens with two attached hydrogens (primary N) is 1. The van der Waals surface area contributed by atoms with E-state index in [1.807, 2.05) is 12.1 Å². The maximum atomic E-state index is 13.9. The Hall–Kier alpha value is -4.52. The number of alkyl halides is 3. The van der Waals surface area contributed by atoms with Gasteiger partial charge in [0.25, 0.3) is 0 Å². The Morgan fingerprint density at radius 1 is 1.07 bits per heavy atom. The molecule has 0 spiro atoms. The minimum Gasteiger partial charge on any atom is -0.383 e. The predicted molar refractivity (Wildman–Crippen MR) is 146 cm³/mol. The number of nitrogens with zero attached hydrogens (tertiary/aromatic N) is 5. The van der Waals surface area contributed by atoms with Gasteiger partial charge in [0.15, 0.2) is 0 Å². The quantitative estimate of drug-likeness (QED) is 0.279. The van der Waals surface area contributed by atoms with Gasteiger partial charge in [-0.1, -0.05) is 24.3 Å². The number of hydrogen-bond acceptors (Lipinski definition) is 6. The number of nitrogen functional groups attached to an aromatic ring is 1. The number of rotatable bonds is 4. The molecule has 0 saturated carbocycles. The Kier molecular flexibility index (Phi) is 6.17. The number of hydrogen-bond donors (Lipinski definition) is 2. The maximum absolute atomic E-state index is 13.9. The minimum atomic E-state index is -4.58. The van der Waals surface area contributed by atoms with Crippen molar-refractivity contribution >= 4 is 67.0 Å². The topological polar surface area (TPSA) is 119 Å².